The van der Waals surface area contributed by atoms with E-state index >= 15 is 0 Å². The molecule has 0 bridgehead atoms. The van der Waals surface area contributed by atoms with E-state index in [0.717, 1.165) is 18.6 Å². The predicted octanol–water partition coefficient (Wildman–Crippen LogP) is 1.83. The number of ether oxygens (including phenoxy) is 1. The molecular formula is C10H20O3S. The summed E-state index contributed by atoms with van der Waals surface area (Å²) in [5, 5.41) is 9.43. The van der Waals surface area contributed by atoms with Crippen LogP contribution in [0.5, 0.6) is 0 Å². The summed E-state index contributed by atoms with van der Waals surface area (Å²) in [5.74, 6) is 0.396. The molecule has 0 rings (SSSR count). The third-order valence-electron chi connectivity index (χ3n) is 1.86. The third-order valence-corrected chi connectivity index (χ3v) is 2.97. The minimum Gasteiger partial charge on any atom is -0.464 e. The van der Waals surface area contributed by atoms with E-state index in [2.05, 4.69) is 0 Å². The first kappa shape index (κ1) is 13.8. The molecule has 0 heterocycles. The average Bonchev–Trinajstić information content (AvgIpc) is 2.17. The second-order valence-corrected chi connectivity index (χ2v) is 4.78. The number of carbonyl (C=O) groups excluding carboxylic acids is 1. The Balaban J connectivity index is 3.74. The Morgan fingerprint density at radius 1 is 1.50 bits per heavy atom. The summed E-state index contributed by atoms with van der Waals surface area (Å²) in [6, 6.07) is 0. The van der Waals surface area contributed by atoms with Crippen LogP contribution in [0.4, 0.5) is 0 Å². The average molecular weight is 220 g/mol. The summed E-state index contributed by atoms with van der Waals surface area (Å²) in [4.78, 5) is 11.2. The van der Waals surface area contributed by atoms with Crippen molar-refractivity contribution in [3.8, 4) is 0 Å². The fourth-order valence-corrected chi connectivity index (χ4v) is 1.77. The van der Waals surface area contributed by atoms with Gasteiger partial charge in [0.25, 0.3) is 0 Å². The maximum atomic E-state index is 11.2. The number of rotatable bonds is 7. The molecule has 0 radical (unpaired) electrons. The Hall–Kier alpha value is -0.220. The Morgan fingerprint density at radius 3 is 2.64 bits per heavy atom. The Kier molecular flexibility index (Phi) is 7.99. The Bertz CT molecular complexity index is 161. The van der Waals surface area contributed by atoms with Gasteiger partial charge in [-0.15, -0.1) is 0 Å². The number of unbranched alkanes of at least 4 members (excludes halogenated alkanes) is 1. The maximum absolute atomic E-state index is 11.2. The molecule has 4 heteroatoms. The SMILES string of the molecule is CCCCOC(=O)[C@H](O)[C@H](C)SCC. The normalized spacial score (nSPS) is 14.9. The Labute approximate surface area is 90.2 Å². The van der Waals surface area contributed by atoms with Crippen LogP contribution in [0.2, 0.25) is 0 Å². The molecule has 0 spiro atoms. The molecule has 0 unspecified atom stereocenters. The lowest BCUT2D eigenvalue weighted by Gasteiger charge is -2.16. The van der Waals surface area contributed by atoms with Gasteiger partial charge in [0, 0.05) is 5.25 Å². The number of carbonyl (C=O) groups is 1. The van der Waals surface area contributed by atoms with Gasteiger partial charge in [0.05, 0.1) is 6.61 Å². The molecule has 0 aromatic carbocycles. The van der Waals surface area contributed by atoms with E-state index in [9.17, 15) is 9.90 Å². The fourth-order valence-electron chi connectivity index (χ4n) is 0.948. The van der Waals surface area contributed by atoms with Crippen molar-refractivity contribution in [2.24, 2.45) is 0 Å². The van der Waals surface area contributed by atoms with Crippen LogP contribution in [-0.4, -0.2) is 34.8 Å². The van der Waals surface area contributed by atoms with E-state index < -0.39 is 12.1 Å². The first-order valence-electron chi connectivity index (χ1n) is 5.09. The number of aliphatic hydroxyl groups excluding tert-OH is 1. The predicted molar refractivity (Wildman–Crippen MR) is 59.5 cm³/mol. The molecule has 3 nitrogen and oxygen atoms in total. The first-order chi connectivity index (χ1) is 6.63. The molecule has 84 valence electrons. The molecule has 0 amide bonds. The molecule has 0 aromatic rings. The van der Waals surface area contributed by atoms with Gasteiger partial charge in [0.1, 0.15) is 0 Å². The zero-order valence-corrected chi connectivity index (χ0v) is 9.97. The summed E-state index contributed by atoms with van der Waals surface area (Å²) < 4.78 is 4.91. The van der Waals surface area contributed by atoms with Crippen LogP contribution >= 0.6 is 11.8 Å². The van der Waals surface area contributed by atoms with E-state index in [-0.39, 0.29) is 5.25 Å². The van der Waals surface area contributed by atoms with E-state index in [1.807, 2.05) is 20.8 Å². The highest BCUT2D eigenvalue weighted by Gasteiger charge is 2.23. The highest BCUT2D eigenvalue weighted by molar-refractivity contribution is 7.99. The van der Waals surface area contributed by atoms with Crippen molar-refractivity contribution < 1.29 is 14.6 Å². The van der Waals surface area contributed by atoms with E-state index in [1.54, 1.807) is 11.8 Å². The van der Waals surface area contributed by atoms with Gasteiger partial charge in [-0.25, -0.2) is 4.79 Å². The van der Waals surface area contributed by atoms with Crippen molar-refractivity contribution >= 4 is 17.7 Å². The molecular weight excluding hydrogens is 200 g/mol. The van der Waals surface area contributed by atoms with E-state index in [1.165, 1.54) is 0 Å². The van der Waals surface area contributed by atoms with Gasteiger partial charge in [-0.2, -0.15) is 11.8 Å². The summed E-state index contributed by atoms with van der Waals surface area (Å²) in [7, 11) is 0. The van der Waals surface area contributed by atoms with Gasteiger partial charge >= 0.3 is 5.97 Å². The lowest BCUT2D eigenvalue weighted by atomic mass is 10.3. The molecule has 0 aromatic heterocycles. The zero-order chi connectivity index (χ0) is 11.0. The smallest absolute Gasteiger partial charge is 0.336 e. The van der Waals surface area contributed by atoms with Crippen LogP contribution in [0.15, 0.2) is 0 Å². The van der Waals surface area contributed by atoms with Crippen molar-refractivity contribution in [2.75, 3.05) is 12.4 Å². The second-order valence-electron chi connectivity index (χ2n) is 3.13. The van der Waals surface area contributed by atoms with Crippen LogP contribution in [0.25, 0.3) is 0 Å². The van der Waals surface area contributed by atoms with Crippen molar-refractivity contribution in [2.45, 2.75) is 45.0 Å². The molecule has 1 N–H and O–H groups in total. The summed E-state index contributed by atoms with van der Waals surface area (Å²) >= 11 is 1.56. The number of hydrogen-bond acceptors (Lipinski definition) is 4. The van der Waals surface area contributed by atoms with Crippen LogP contribution in [0.3, 0.4) is 0 Å². The highest BCUT2D eigenvalue weighted by Crippen LogP contribution is 2.14. The molecule has 14 heavy (non-hydrogen) atoms. The van der Waals surface area contributed by atoms with Crippen molar-refractivity contribution in [1.29, 1.82) is 0 Å². The van der Waals surface area contributed by atoms with Crippen LogP contribution in [-0.2, 0) is 9.53 Å². The lowest BCUT2D eigenvalue weighted by Crippen LogP contribution is -2.32. The van der Waals surface area contributed by atoms with Gasteiger partial charge in [-0.05, 0) is 12.2 Å². The molecule has 0 aliphatic rings. The minimum absolute atomic E-state index is 0.0888. The van der Waals surface area contributed by atoms with Crippen molar-refractivity contribution in [3.63, 3.8) is 0 Å². The molecule has 0 aliphatic heterocycles. The monoisotopic (exact) mass is 220 g/mol. The van der Waals surface area contributed by atoms with Gasteiger partial charge in [0.2, 0.25) is 0 Å². The van der Waals surface area contributed by atoms with Crippen molar-refractivity contribution in [1.82, 2.24) is 0 Å². The quantitative estimate of drug-likeness (QED) is 0.525. The molecule has 0 aliphatic carbocycles. The molecule has 0 saturated heterocycles. The minimum atomic E-state index is -0.989. The second kappa shape index (κ2) is 8.12. The van der Waals surface area contributed by atoms with Crippen LogP contribution < -0.4 is 0 Å². The van der Waals surface area contributed by atoms with Crippen LogP contribution in [0, 0.1) is 0 Å². The maximum Gasteiger partial charge on any atom is 0.336 e. The first-order valence-corrected chi connectivity index (χ1v) is 6.14. The fraction of sp³-hybridized carbons (Fsp3) is 0.900. The van der Waals surface area contributed by atoms with Gasteiger partial charge < -0.3 is 9.84 Å². The standard InChI is InChI=1S/C10H20O3S/c1-4-6-7-13-10(12)9(11)8(3)14-5-2/h8-9,11H,4-7H2,1-3H3/t8-,9+/m0/s1. The van der Waals surface area contributed by atoms with E-state index in [0.29, 0.717) is 6.61 Å². The van der Waals surface area contributed by atoms with Gasteiger partial charge in [-0.1, -0.05) is 27.2 Å². The van der Waals surface area contributed by atoms with Crippen molar-refractivity contribution in [3.05, 3.63) is 0 Å². The molecule has 2 atom stereocenters. The molecule has 0 fully saturated rings. The molecule has 0 saturated carbocycles. The van der Waals surface area contributed by atoms with Crippen LogP contribution in [0.1, 0.15) is 33.6 Å². The zero-order valence-electron chi connectivity index (χ0n) is 9.16. The third kappa shape index (κ3) is 5.50. The Morgan fingerprint density at radius 2 is 2.14 bits per heavy atom. The summed E-state index contributed by atoms with van der Waals surface area (Å²) in [6.07, 6.45) is 0.855. The number of esters is 1. The number of hydrogen-bond donors (Lipinski definition) is 1. The van der Waals surface area contributed by atoms with Gasteiger partial charge in [0.15, 0.2) is 6.10 Å². The van der Waals surface area contributed by atoms with E-state index in [4.69, 9.17) is 4.74 Å². The summed E-state index contributed by atoms with van der Waals surface area (Å²) in [5.41, 5.74) is 0. The topological polar surface area (TPSA) is 46.5 Å². The summed E-state index contributed by atoms with van der Waals surface area (Å²) in [6.45, 7) is 6.27. The largest absolute Gasteiger partial charge is 0.464 e. The lowest BCUT2D eigenvalue weighted by molar-refractivity contribution is -0.153. The number of thioether (sulfide) groups is 1. The highest BCUT2D eigenvalue weighted by atomic mass is 32.2. The van der Waals surface area contributed by atoms with Gasteiger partial charge in [-0.3, -0.25) is 0 Å². The number of aliphatic hydroxyl groups is 1.